The van der Waals surface area contributed by atoms with Crippen LogP contribution in [0.4, 0.5) is 0 Å². The zero-order chi connectivity index (χ0) is 18.1. The molecule has 0 unspecified atom stereocenters. The second-order valence-corrected chi connectivity index (χ2v) is 7.58. The molecule has 142 valence electrons. The lowest BCUT2D eigenvalue weighted by atomic mass is 9.84. The van der Waals surface area contributed by atoms with E-state index in [0.29, 0.717) is 13.4 Å². The summed E-state index contributed by atoms with van der Waals surface area (Å²) in [5.74, 6) is 1.64. The van der Waals surface area contributed by atoms with Crippen LogP contribution in [0.5, 0.6) is 11.5 Å². The predicted molar refractivity (Wildman–Crippen MR) is 94.2 cm³/mol. The molecule has 3 aliphatic heterocycles. The Morgan fingerprint density at radius 3 is 2.92 bits per heavy atom. The highest BCUT2D eigenvalue weighted by Crippen LogP contribution is 2.37. The largest absolute Gasteiger partial charge is 0.454 e. The van der Waals surface area contributed by atoms with Crippen molar-refractivity contribution in [2.45, 2.75) is 31.1 Å². The van der Waals surface area contributed by atoms with Gasteiger partial charge in [0.05, 0.1) is 11.7 Å². The molecule has 7 heteroatoms. The maximum Gasteiger partial charge on any atom is 0.248 e. The van der Waals surface area contributed by atoms with Gasteiger partial charge in [0.2, 0.25) is 12.7 Å². The van der Waals surface area contributed by atoms with Crippen LogP contribution < -0.4 is 9.47 Å². The lowest BCUT2D eigenvalue weighted by molar-refractivity contribution is -0.200. The van der Waals surface area contributed by atoms with E-state index in [1.165, 1.54) is 5.56 Å². The Hall–Kier alpha value is -1.83. The van der Waals surface area contributed by atoms with E-state index in [-0.39, 0.29) is 24.2 Å². The first-order chi connectivity index (χ1) is 12.5. The van der Waals surface area contributed by atoms with E-state index in [1.54, 1.807) is 19.0 Å². The number of hydrogen-bond donors (Lipinski definition) is 0. The van der Waals surface area contributed by atoms with Crippen molar-refractivity contribution in [2.75, 3.05) is 47.2 Å². The fourth-order valence-corrected chi connectivity index (χ4v) is 3.84. The molecule has 3 heterocycles. The zero-order valence-corrected chi connectivity index (χ0v) is 15.4. The van der Waals surface area contributed by atoms with E-state index in [0.717, 1.165) is 44.0 Å². The van der Waals surface area contributed by atoms with Crippen molar-refractivity contribution in [1.82, 2.24) is 9.80 Å². The van der Waals surface area contributed by atoms with Crippen molar-refractivity contribution in [2.24, 2.45) is 0 Å². The maximum absolute atomic E-state index is 11.7. The molecule has 4 rings (SSSR count). The first-order valence-corrected chi connectivity index (χ1v) is 9.10. The molecule has 0 saturated carbocycles. The summed E-state index contributed by atoms with van der Waals surface area (Å²) < 4.78 is 22.7. The van der Waals surface area contributed by atoms with Crippen LogP contribution in [0.25, 0.3) is 0 Å². The second kappa shape index (κ2) is 7.06. The molecule has 0 bridgehead atoms. The van der Waals surface area contributed by atoms with Crippen LogP contribution in [0.15, 0.2) is 18.2 Å². The van der Waals surface area contributed by atoms with Crippen LogP contribution in [0.2, 0.25) is 0 Å². The number of ether oxygens (including phenoxy) is 4. The molecule has 2 fully saturated rings. The van der Waals surface area contributed by atoms with Gasteiger partial charge in [-0.25, -0.2) is 0 Å². The minimum absolute atomic E-state index is 0.00332. The van der Waals surface area contributed by atoms with E-state index >= 15 is 0 Å². The smallest absolute Gasteiger partial charge is 0.248 e. The first kappa shape index (κ1) is 17.6. The number of benzene rings is 1. The van der Waals surface area contributed by atoms with E-state index in [1.807, 2.05) is 12.1 Å². The first-order valence-electron chi connectivity index (χ1n) is 9.10. The molecule has 3 aliphatic rings. The summed E-state index contributed by atoms with van der Waals surface area (Å²) in [7, 11) is 3.49. The van der Waals surface area contributed by atoms with Gasteiger partial charge in [-0.15, -0.1) is 0 Å². The van der Waals surface area contributed by atoms with Crippen LogP contribution in [0.1, 0.15) is 18.4 Å². The molecule has 0 radical (unpaired) electrons. The third kappa shape index (κ3) is 3.65. The molecular formula is C19H26N2O5. The number of carbonyl (C=O) groups excluding carboxylic acids is 1. The third-order valence-corrected chi connectivity index (χ3v) is 5.26. The highest BCUT2D eigenvalue weighted by Gasteiger charge is 2.47. The monoisotopic (exact) mass is 362 g/mol. The number of likely N-dealkylation sites (N-methyl/N-ethyl adjacent to an activating group) is 1. The molecule has 26 heavy (non-hydrogen) atoms. The predicted octanol–water partition coefficient (Wildman–Crippen LogP) is 1.25. The van der Waals surface area contributed by atoms with Gasteiger partial charge in [0.15, 0.2) is 11.5 Å². The van der Waals surface area contributed by atoms with Gasteiger partial charge in [0.25, 0.3) is 0 Å². The van der Waals surface area contributed by atoms with Gasteiger partial charge in [-0.05, 0) is 24.1 Å². The Morgan fingerprint density at radius 2 is 2.12 bits per heavy atom. The van der Waals surface area contributed by atoms with Crippen LogP contribution in [0, 0.1) is 0 Å². The fraction of sp³-hybridized carbons (Fsp3) is 0.632. The third-order valence-electron chi connectivity index (χ3n) is 5.26. The van der Waals surface area contributed by atoms with Gasteiger partial charge in [-0.3, -0.25) is 9.69 Å². The Morgan fingerprint density at radius 1 is 1.31 bits per heavy atom. The van der Waals surface area contributed by atoms with E-state index in [4.69, 9.17) is 18.9 Å². The summed E-state index contributed by atoms with van der Waals surface area (Å²) >= 11 is 0. The average molecular weight is 362 g/mol. The molecule has 1 spiro atoms. The number of nitrogens with zero attached hydrogens (tertiary/aromatic N) is 2. The summed E-state index contributed by atoms with van der Waals surface area (Å²) in [6, 6.07) is 6.10. The molecule has 7 nitrogen and oxygen atoms in total. The van der Waals surface area contributed by atoms with Crippen LogP contribution >= 0.6 is 0 Å². The maximum atomic E-state index is 11.7. The summed E-state index contributed by atoms with van der Waals surface area (Å²) in [6.07, 6.45) is 1.80. The van der Waals surface area contributed by atoms with Gasteiger partial charge in [-0.2, -0.15) is 0 Å². The number of rotatable bonds is 5. The van der Waals surface area contributed by atoms with Crippen LogP contribution in [-0.4, -0.2) is 74.6 Å². The van der Waals surface area contributed by atoms with Gasteiger partial charge in [-0.1, -0.05) is 6.07 Å². The molecule has 1 atom stereocenters. The minimum atomic E-state index is -0.125. The molecular weight excluding hydrogens is 336 g/mol. The Labute approximate surface area is 153 Å². The molecule has 0 N–H and O–H groups in total. The van der Waals surface area contributed by atoms with Crippen molar-refractivity contribution >= 4 is 5.91 Å². The summed E-state index contributed by atoms with van der Waals surface area (Å²) in [5.41, 5.74) is 1.09. The number of likely N-dealkylation sites (tertiary alicyclic amines) is 1. The highest BCUT2D eigenvalue weighted by molar-refractivity contribution is 5.76. The van der Waals surface area contributed by atoms with Crippen molar-refractivity contribution in [3.63, 3.8) is 0 Å². The van der Waals surface area contributed by atoms with Crippen LogP contribution in [0.3, 0.4) is 0 Å². The molecule has 1 aromatic rings. The van der Waals surface area contributed by atoms with Gasteiger partial charge >= 0.3 is 0 Å². The van der Waals surface area contributed by atoms with Crippen molar-refractivity contribution in [1.29, 1.82) is 0 Å². The number of carbonyl (C=O) groups is 1. The topological polar surface area (TPSA) is 60.5 Å². The molecule has 1 amide bonds. The highest BCUT2D eigenvalue weighted by atomic mass is 16.7. The van der Waals surface area contributed by atoms with Crippen molar-refractivity contribution < 1.29 is 23.7 Å². The van der Waals surface area contributed by atoms with E-state index < -0.39 is 0 Å². The summed E-state index contributed by atoms with van der Waals surface area (Å²) in [4.78, 5) is 15.6. The molecule has 0 aliphatic carbocycles. The lowest BCUT2D eigenvalue weighted by Crippen LogP contribution is -2.65. The summed E-state index contributed by atoms with van der Waals surface area (Å²) in [5, 5.41) is 0. The van der Waals surface area contributed by atoms with Gasteiger partial charge in [0.1, 0.15) is 6.61 Å². The SMILES string of the molecule is CN(C)C(=O)CO[C@H]1CCOC2(C1)CN(Cc1ccc3c(c1)OCO3)C2. The average Bonchev–Trinajstić information content (AvgIpc) is 3.06. The molecule has 2 saturated heterocycles. The van der Waals surface area contributed by atoms with E-state index in [9.17, 15) is 4.79 Å². The second-order valence-electron chi connectivity index (χ2n) is 7.58. The van der Waals surface area contributed by atoms with Gasteiger partial charge in [0, 0.05) is 46.8 Å². The Kier molecular flexibility index (Phi) is 4.77. The van der Waals surface area contributed by atoms with Crippen LogP contribution in [-0.2, 0) is 20.8 Å². The normalized spacial score (nSPS) is 23.7. The van der Waals surface area contributed by atoms with Crippen molar-refractivity contribution in [3.8, 4) is 11.5 Å². The standard InChI is InChI=1S/C19H26N2O5/c1-20(2)18(22)10-23-15-5-6-26-19(8-15)11-21(12-19)9-14-3-4-16-17(7-14)25-13-24-16/h3-4,7,15H,5-6,8-13H2,1-2H3/t15-/m0/s1. The molecule has 1 aromatic carbocycles. The Bertz CT molecular complexity index is 672. The number of hydrogen-bond acceptors (Lipinski definition) is 6. The van der Waals surface area contributed by atoms with Gasteiger partial charge < -0.3 is 23.8 Å². The number of fused-ring (bicyclic) bond motifs is 1. The summed E-state index contributed by atoms with van der Waals surface area (Å²) in [6.45, 7) is 3.79. The quantitative estimate of drug-likeness (QED) is 0.786. The number of amides is 1. The molecule has 0 aromatic heterocycles. The Balaban J connectivity index is 1.27. The zero-order valence-electron chi connectivity index (χ0n) is 15.4. The minimum Gasteiger partial charge on any atom is -0.454 e. The van der Waals surface area contributed by atoms with Crippen molar-refractivity contribution in [3.05, 3.63) is 23.8 Å². The van der Waals surface area contributed by atoms with E-state index in [2.05, 4.69) is 11.0 Å². The lowest BCUT2D eigenvalue weighted by Gasteiger charge is -2.53. The fourth-order valence-electron chi connectivity index (χ4n) is 3.84.